The Kier molecular flexibility index (Phi) is 8.04. The second-order valence-corrected chi connectivity index (χ2v) is 11.0. The maximum absolute atomic E-state index is 14.2. The van der Waals surface area contributed by atoms with Gasteiger partial charge in [0.1, 0.15) is 16.8 Å². The van der Waals surface area contributed by atoms with Gasteiger partial charge in [-0.2, -0.15) is 22.8 Å². The number of nitrogen functional groups attached to an aromatic ring is 1. The number of hydrogen-bond donors (Lipinski definition) is 2. The van der Waals surface area contributed by atoms with E-state index in [1.54, 1.807) is 66.7 Å². The van der Waals surface area contributed by atoms with Crippen molar-refractivity contribution in [3.8, 4) is 0 Å². The molecule has 0 aliphatic carbocycles. The van der Waals surface area contributed by atoms with Gasteiger partial charge in [-0.15, -0.1) is 5.10 Å². The van der Waals surface area contributed by atoms with E-state index in [0.717, 1.165) is 10.2 Å². The molecule has 3 N–H and O–H groups in total. The van der Waals surface area contributed by atoms with Crippen LogP contribution in [0, 0.1) is 13.8 Å². The zero-order chi connectivity index (χ0) is 30.2. The third-order valence-electron chi connectivity index (χ3n) is 5.04. The number of nitrogens with zero attached hydrogens (tertiary/aromatic N) is 5. The molecular weight excluding hydrogens is 531 g/mol. The number of aromatic nitrogens is 4. The maximum Gasteiger partial charge on any atom is 0.435 e. The maximum atomic E-state index is 14.2. The predicted molar refractivity (Wildman–Crippen MR) is 143 cm³/mol. The monoisotopic (exact) mass is 563 g/mol. The highest BCUT2D eigenvalue weighted by Crippen LogP contribution is 2.39. The van der Waals surface area contributed by atoms with Gasteiger partial charge < -0.3 is 20.5 Å². The van der Waals surface area contributed by atoms with Gasteiger partial charge in [0.15, 0.2) is 11.6 Å². The smallest absolute Gasteiger partial charge is 0.435 e. The van der Waals surface area contributed by atoms with Gasteiger partial charge in [-0.1, -0.05) is 6.07 Å². The molecule has 0 atom stereocenters. The summed E-state index contributed by atoms with van der Waals surface area (Å²) in [4.78, 5) is 34.5. The van der Waals surface area contributed by atoms with Crippen molar-refractivity contribution < 1.29 is 32.2 Å². The number of nitrogens with two attached hydrogens (primary N) is 1. The fourth-order valence-electron chi connectivity index (χ4n) is 3.35. The summed E-state index contributed by atoms with van der Waals surface area (Å²) in [6, 6.07) is 6.17. The Labute approximate surface area is 229 Å². The average molecular weight is 564 g/mol. The number of carbonyl (C=O) groups is 2. The van der Waals surface area contributed by atoms with Gasteiger partial charge in [0.05, 0.1) is 5.69 Å². The van der Waals surface area contributed by atoms with E-state index < -0.39 is 40.9 Å². The number of ether oxygens (including phenoxy) is 2. The number of nitrogens with one attached hydrogen (secondary N) is 1. The van der Waals surface area contributed by atoms with E-state index in [9.17, 15) is 22.8 Å². The molecule has 0 aliphatic rings. The molecule has 14 heteroatoms. The molecule has 0 saturated carbocycles. The summed E-state index contributed by atoms with van der Waals surface area (Å²) >= 11 is 0. The fourth-order valence-corrected chi connectivity index (χ4v) is 3.35. The van der Waals surface area contributed by atoms with E-state index in [1.807, 2.05) is 0 Å². The van der Waals surface area contributed by atoms with E-state index in [4.69, 9.17) is 15.2 Å². The molecule has 40 heavy (non-hydrogen) atoms. The lowest BCUT2D eigenvalue weighted by atomic mass is 10.2. The number of alkyl halides is 3. The summed E-state index contributed by atoms with van der Waals surface area (Å²) in [5, 5.41) is 6.92. The summed E-state index contributed by atoms with van der Waals surface area (Å²) < 4.78 is 54.2. The minimum absolute atomic E-state index is 0.189. The van der Waals surface area contributed by atoms with E-state index in [2.05, 4.69) is 20.4 Å². The van der Waals surface area contributed by atoms with Gasteiger partial charge in [0.2, 0.25) is 5.95 Å². The minimum Gasteiger partial charge on any atom is -0.443 e. The molecule has 0 radical (unpaired) electrons. The first-order valence-corrected chi connectivity index (χ1v) is 12.2. The van der Waals surface area contributed by atoms with E-state index >= 15 is 0 Å². The zero-order valence-corrected chi connectivity index (χ0v) is 23.5. The number of amides is 1. The fraction of sp³-hybridized carbons (Fsp3) is 0.423. The Balaban J connectivity index is 2.22. The van der Waals surface area contributed by atoms with Crippen LogP contribution in [0.5, 0.6) is 0 Å². The molecule has 1 amide bonds. The second-order valence-electron chi connectivity index (χ2n) is 11.0. The minimum atomic E-state index is -4.97. The summed E-state index contributed by atoms with van der Waals surface area (Å²) in [6.07, 6.45) is -6.53. The van der Waals surface area contributed by atoms with Gasteiger partial charge in [-0.3, -0.25) is 0 Å². The summed E-state index contributed by atoms with van der Waals surface area (Å²) in [5.41, 5.74) is 4.29. The first-order chi connectivity index (χ1) is 18.2. The van der Waals surface area contributed by atoms with Crippen LogP contribution in [0.4, 0.5) is 51.7 Å². The molecule has 3 aromatic rings. The van der Waals surface area contributed by atoms with Crippen molar-refractivity contribution in [1.82, 2.24) is 19.7 Å². The largest absolute Gasteiger partial charge is 0.443 e. The molecule has 0 saturated heterocycles. The van der Waals surface area contributed by atoms with Crippen molar-refractivity contribution in [2.75, 3.05) is 16.0 Å². The number of benzene rings is 1. The Hall–Kier alpha value is -4.36. The van der Waals surface area contributed by atoms with Gasteiger partial charge in [0, 0.05) is 23.6 Å². The Bertz CT molecular complexity index is 1420. The number of rotatable bonds is 4. The van der Waals surface area contributed by atoms with Crippen LogP contribution in [0.2, 0.25) is 0 Å². The first-order valence-electron chi connectivity index (χ1n) is 12.2. The molecule has 0 aliphatic heterocycles. The Morgan fingerprint density at radius 2 is 1.62 bits per heavy atom. The van der Waals surface area contributed by atoms with E-state index in [-0.39, 0.29) is 17.5 Å². The molecule has 11 nitrogen and oxygen atoms in total. The molecule has 1 aromatic carbocycles. The standard InChI is InChI=1S/C26H32F3N7O4/c1-14-9-10-16(30)12-18(14)32-21-31-13-17(26(27,28)29)20(33-21)35(22(37)39-24(3,4)5)19-11-15(2)36(34-19)23(38)40-25(6,7)8/h9-13H,30H2,1-8H3,(H,31,32,33). The number of halogens is 3. The van der Waals surface area contributed by atoms with Crippen LogP contribution < -0.4 is 16.0 Å². The van der Waals surface area contributed by atoms with Crippen molar-refractivity contribution in [1.29, 1.82) is 0 Å². The third-order valence-corrected chi connectivity index (χ3v) is 5.04. The molecule has 2 aromatic heterocycles. The van der Waals surface area contributed by atoms with E-state index in [1.165, 1.54) is 13.0 Å². The first kappa shape index (κ1) is 30.2. The Morgan fingerprint density at radius 1 is 1.00 bits per heavy atom. The molecule has 2 heterocycles. The summed E-state index contributed by atoms with van der Waals surface area (Å²) in [5.74, 6) is -1.48. The van der Waals surface area contributed by atoms with Crippen molar-refractivity contribution in [2.24, 2.45) is 0 Å². The van der Waals surface area contributed by atoms with Crippen LogP contribution in [-0.4, -0.2) is 43.1 Å². The molecule has 3 rings (SSSR count). The van der Waals surface area contributed by atoms with Gasteiger partial charge in [-0.05, 0) is 73.1 Å². The second kappa shape index (κ2) is 10.7. The average Bonchev–Trinajstić information content (AvgIpc) is 3.14. The van der Waals surface area contributed by atoms with Crippen molar-refractivity contribution >= 4 is 41.1 Å². The number of anilines is 5. The molecule has 0 fully saturated rings. The van der Waals surface area contributed by atoms with Crippen LogP contribution in [-0.2, 0) is 15.7 Å². The molecular formula is C26H32F3N7O4. The molecule has 0 unspecified atom stereocenters. The van der Waals surface area contributed by atoms with Crippen molar-refractivity contribution in [2.45, 2.75) is 72.8 Å². The summed E-state index contributed by atoms with van der Waals surface area (Å²) in [7, 11) is 0. The van der Waals surface area contributed by atoms with E-state index in [0.29, 0.717) is 22.5 Å². The van der Waals surface area contributed by atoms with Crippen LogP contribution in [0.3, 0.4) is 0 Å². The molecule has 0 spiro atoms. The zero-order valence-electron chi connectivity index (χ0n) is 23.5. The lowest BCUT2D eigenvalue weighted by molar-refractivity contribution is -0.137. The van der Waals surface area contributed by atoms with Gasteiger partial charge >= 0.3 is 18.4 Å². The highest BCUT2D eigenvalue weighted by Gasteiger charge is 2.41. The lowest BCUT2D eigenvalue weighted by Gasteiger charge is -2.27. The number of hydrogen-bond acceptors (Lipinski definition) is 9. The quantitative estimate of drug-likeness (QED) is 0.341. The van der Waals surface area contributed by atoms with Crippen molar-refractivity contribution in [3.63, 3.8) is 0 Å². The normalized spacial score (nSPS) is 12.2. The topological polar surface area (TPSA) is 137 Å². The SMILES string of the molecule is Cc1ccc(N)cc1Nc1ncc(C(F)(F)F)c(N(C(=O)OC(C)(C)C)c2cc(C)n(C(=O)OC(C)(C)C)n2)n1. The summed E-state index contributed by atoms with van der Waals surface area (Å²) in [6.45, 7) is 12.8. The number of carbonyl (C=O) groups excluding carboxylic acids is 2. The van der Waals surface area contributed by atoms with Crippen LogP contribution in [0.25, 0.3) is 0 Å². The predicted octanol–water partition coefficient (Wildman–Crippen LogP) is 6.49. The third kappa shape index (κ3) is 7.39. The van der Waals surface area contributed by atoms with Crippen LogP contribution >= 0.6 is 0 Å². The van der Waals surface area contributed by atoms with Gasteiger partial charge in [-0.25, -0.2) is 19.5 Å². The Morgan fingerprint density at radius 3 is 2.20 bits per heavy atom. The van der Waals surface area contributed by atoms with Crippen molar-refractivity contribution in [3.05, 3.63) is 47.3 Å². The highest BCUT2D eigenvalue weighted by molar-refractivity contribution is 5.95. The van der Waals surface area contributed by atoms with Crippen LogP contribution in [0.15, 0.2) is 30.5 Å². The molecule has 216 valence electrons. The number of aryl methyl sites for hydroxylation is 2. The van der Waals surface area contributed by atoms with Gasteiger partial charge in [0.25, 0.3) is 0 Å². The molecule has 0 bridgehead atoms. The van der Waals surface area contributed by atoms with Crippen LogP contribution in [0.1, 0.15) is 58.4 Å². The lowest BCUT2D eigenvalue weighted by Crippen LogP contribution is -2.36. The highest BCUT2D eigenvalue weighted by atomic mass is 19.4.